The Bertz CT molecular complexity index is 4460. The van der Waals surface area contributed by atoms with Gasteiger partial charge in [-0.2, -0.15) is 15.0 Å². The maximum Gasteiger partial charge on any atom is 0.240 e. The molecule has 5 heterocycles. The van der Waals surface area contributed by atoms with Crippen molar-refractivity contribution in [1.29, 1.82) is 0 Å². The number of nitrogens with zero attached hydrogens (tertiary/aromatic N) is 7. The van der Waals surface area contributed by atoms with Crippen molar-refractivity contribution in [3.05, 3.63) is 236 Å². The predicted octanol–water partition coefficient (Wildman–Crippen LogP) is 16.1. The van der Waals surface area contributed by atoms with Gasteiger partial charge in [-0.05, 0) is 66.6 Å². The summed E-state index contributed by atoms with van der Waals surface area (Å²) in [6, 6.07) is 75.2. The third-order valence-electron chi connectivity index (χ3n) is 14.1. The molecule has 71 heavy (non-hydrogen) atoms. The molecule has 7 heteroatoms. The van der Waals surface area contributed by atoms with E-state index in [9.17, 15) is 0 Å². The Hall–Kier alpha value is -9.59. The molecule has 14 rings (SSSR count). The predicted molar refractivity (Wildman–Crippen MR) is 295 cm³/mol. The molecule has 0 aliphatic heterocycles. The number of aromatic nitrogens is 7. The molecule has 0 N–H and O–H groups in total. The van der Waals surface area contributed by atoms with E-state index in [1.54, 1.807) is 0 Å². The highest BCUT2D eigenvalue weighted by atomic mass is 15.3. The van der Waals surface area contributed by atoms with Crippen LogP contribution in [0.5, 0.6) is 0 Å². The molecule has 0 amide bonds. The number of benzene rings is 9. The van der Waals surface area contributed by atoms with Gasteiger partial charge in [-0.1, -0.05) is 189 Å². The van der Waals surface area contributed by atoms with Gasteiger partial charge in [0.25, 0.3) is 0 Å². The summed E-state index contributed by atoms with van der Waals surface area (Å²) in [4.78, 5) is 16.8. The number of fused-ring (bicyclic) bond motifs is 12. The van der Waals surface area contributed by atoms with Crippen molar-refractivity contribution in [3.63, 3.8) is 0 Å². The number of hydrogen-bond donors (Lipinski definition) is 0. The second kappa shape index (κ2) is 16.0. The van der Waals surface area contributed by atoms with Crippen LogP contribution in [0.4, 0.5) is 0 Å². The van der Waals surface area contributed by atoms with Crippen molar-refractivity contribution in [2.24, 2.45) is 0 Å². The third-order valence-corrected chi connectivity index (χ3v) is 14.1. The normalized spacial score (nSPS) is 12.0. The third kappa shape index (κ3) is 6.06. The summed E-state index contributed by atoms with van der Waals surface area (Å²) < 4.78 is 9.27. The number of hydrogen-bond acceptors (Lipinski definition) is 3. The minimum atomic E-state index is 0.506. The van der Waals surface area contributed by atoms with Crippen molar-refractivity contribution in [2.45, 2.75) is 6.92 Å². The number of para-hydroxylation sites is 5. The fourth-order valence-corrected chi connectivity index (χ4v) is 11.1. The van der Waals surface area contributed by atoms with Crippen LogP contribution in [0.2, 0.25) is 0 Å². The van der Waals surface area contributed by atoms with E-state index in [2.05, 4.69) is 250 Å². The maximum atomic E-state index is 5.72. The van der Waals surface area contributed by atoms with Crippen molar-refractivity contribution in [2.75, 3.05) is 0 Å². The summed E-state index contributed by atoms with van der Waals surface area (Å²) in [5.41, 5.74) is 14.6. The van der Waals surface area contributed by atoms with Crippen LogP contribution in [0.25, 0.3) is 134 Å². The first-order chi connectivity index (χ1) is 35.2. The number of rotatable bonds is 8. The van der Waals surface area contributed by atoms with Crippen LogP contribution in [-0.2, 0) is 0 Å². The highest BCUT2D eigenvalue weighted by molar-refractivity contribution is 6.24. The first-order valence-corrected chi connectivity index (χ1v) is 24.0. The van der Waals surface area contributed by atoms with Gasteiger partial charge in [0.05, 0.1) is 44.3 Å². The smallest absolute Gasteiger partial charge is 0.240 e. The van der Waals surface area contributed by atoms with Crippen LogP contribution in [0, 0.1) is 0 Å². The monoisotopic (exact) mass is 909 g/mol. The molecule has 334 valence electrons. The molecule has 0 radical (unpaired) electrons. The Morgan fingerprint density at radius 2 is 0.746 bits per heavy atom. The van der Waals surface area contributed by atoms with Crippen LogP contribution in [0.3, 0.4) is 0 Å². The van der Waals surface area contributed by atoms with E-state index < -0.39 is 0 Å². The van der Waals surface area contributed by atoms with Gasteiger partial charge in [-0.15, -0.1) is 0 Å². The van der Waals surface area contributed by atoms with Gasteiger partial charge < -0.3 is 9.13 Å². The zero-order chi connectivity index (χ0) is 47.2. The van der Waals surface area contributed by atoms with Gasteiger partial charge in [-0.3, -0.25) is 9.13 Å². The fourth-order valence-electron chi connectivity index (χ4n) is 11.1. The van der Waals surface area contributed by atoms with Crippen LogP contribution in [0.15, 0.2) is 225 Å². The molecular weight excluding hydrogens is 867 g/mol. The molecule has 0 unspecified atom stereocenters. The Labute approximate surface area is 408 Å². The first-order valence-electron chi connectivity index (χ1n) is 24.0. The molecular formula is C64H43N7. The van der Waals surface area contributed by atoms with Gasteiger partial charge in [-0.25, -0.2) is 0 Å². The lowest BCUT2D eigenvalue weighted by Crippen LogP contribution is -2.11. The Morgan fingerprint density at radius 1 is 0.352 bits per heavy atom. The fraction of sp³-hybridized carbons (Fsp3) is 0.0156. The largest absolute Gasteiger partial charge is 0.307 e. The van der Waals surface area contributed by atoms with Crippen LogP contribution in [0.1, 0.15) is 18.2 Å². The van der Waals surface area contributed by atoms with Gasteiger partial charge in [0.1, 0.15) is 0 Å². The highest BCUT2D eigenvalue weighted by Gasteiger charge is 2.27. The van der Waals surface area contributed by atoms with E-state index in [0.29, 0.717) is 17.7 Å². The summed E-state index contributed by atoms with van der Waals surface area (Å²) in [7, 11) is 0. The Balaban J connectivity index is 1.15. The van der Waals surface area contributed by atoms with Crippen molar-refractivity contribution in [1.82, 2.24) is 33.2 Å². The molecule has 0 saturated heterocycles. The van der Waals surface area contributed by atoms with E-state index in [4.69, 9.17) is 15.0 Å². The molecule has 0 spiro atoms. The summed E-state index contributed by atoms with van der Waals surface area (Å²) in [6.07, 6.45) is 6.26. The molecule has 0 fully saturated rings. The molecule has 0 aliphatic rings. The Kier molecular flexibility index (Phi) is 9.13. The minimum absolute atomic E-state index is 0.506. The second-order valence-electron chi connectivity index (χ2n) is 18.0. The van der Waals surface area contributed by atoms with Crippen molar-refractivity contribution in [3.8, 4) is 45.8 Å². The van der Waals surface area contributed by atoms with E-state index in [0.717, 1.165) is 110 Å². The van der Waals surface area contributed by atoms with Gasteiger partial charge in [0, 0.05) is 60.2 Å². The first kappa shape index (κ1) is 40.5. The summed E-state index contributed by atoms with van der Waals surface area (Å²) in [6.45, 7) is 6.45. The van der Waals surface area contributed by atoms with Crippen LogP contribution in [-0.4, -0.2) is 33.2 Å². The summed E-state index contributed by atoms with van der Waals surface area (Å²) in [5, 5.41) is 7.82. The summed E-state index contributed by atoms with van der Waals surface area (Å²) in [5.74, 6) is 1.58. The highest BCUT2D eigenvalue weighted by Crippen LogP contribution is 2.44. The van der Waals surface area contributed by atoms with Crippen LogP contribution >= 0.6 is 0 Å². The zero-order valence-corrected chi connectivity index (χ0v) is 38.8. The average molecular weight is 910 g/mol. The number of allylic oxidation sites excluding steroid dienone is 1. The SMILES string of the molecule is C=Cc1c(/C=C\C)c2ccc3c4ccccc4n(-c4nc(-c5ccc(-c6ccccc6)cc5)nc(-n5c6ccccc6c6ccc7c8ccccc8n(-c8ccccc8)c7c65)n4)c3c2n1-c1ccccc1. The molecule has 5 aromatic heterocycles. The lowest BCUT2D eigenvalue weighted by molar-refractivity contribution is 0.893. The lowest BCUT2D eigenvalue weighted by atomic mass is 10.0. The topological polar surface area (TPSA) is 58.4 Å². The molecule has 9 aromatic carbocycles. The molecule has 0 bridgehead atoms. The van der Waals surface area contributed by atoms with E-state index in [1.165, 1.54) is 5.39 Å². The molecule has 0 atom stereocenters. The van der Waals surface area contributed by atoms with Gasteiger partial charge in [0.2, 0.25) is 11.9 Å². The quantitative estimate of drug-likeness (QED) is 0.153. The van der Waals surface area contributed by atoms with Crippen LogP contribution < -0.4 is 0 Å². The second-order valence-corrected chi connectivity index (χ2v) is 18.0. The van der Waals surface area contributed by atoms with Crippen molar-refractivity contribution >= 4 is 88.5 Å². The summed E-state index contributed by atoms with van der Waals surface area (Å²) >= 11 is 0. The van der Waals surface area contributed by atoms with Crippen molar-refractivity contribution < 1.29 is 0 Å². The molecule has 0 aliphatic carbocycles. The molecule has 14 aromatic rings. The lowest BCUT2D eigenvalue weighted by Gasteiger charge is -2.15. The van der Waals surface area contributed by atoms with Gasteiger partial charge in [0.15, 0.2) is 5.82 Å². The molecule has 7 nitrogen and oxygen atoms in total. The van der Waals surface area contributed by atoms with E-state index in [-0.39, 0.29) is 0 Å². The molecule has 0 saturated carbocycles. The van der Waals surface area contributed by atoms with E-state index in [1.807, 2.05) is 12.1 Å². The minimum Gasteiger partial charge on any atom is -0.307 e. The maximum absolute atomic E-state index is 5.72. The zero-order valence-electron chi connectivity index (χ0n) is 38.8. The van der Waals surface area contributed by atoms with Gasteiger partial charge >= 0.3 is 0 Å². The Morgan fingerprint density at radius 3 is 1.25 bits per heavy atom. The standard InChI is InChI=1S/C64H43N7/c1-3-20-46-50-37-39-52-48-28-15-18-31-56(48)70(60(52)58(50)68(54(46)4-2)44-23-10-6-11-24-44)63-65-62(43-35-33-42(34-36-43)41-21-8-5-9-22-41)66-64(67-63)71-57-32-19-16-29-49(57)53-40-38-51-47-27-14-17-30-55(47)69(59(51)61(53)71)45-25-12-7-13-26-45/h3-40H,2H2,1H3/b20-3-. The van der Waals surface area contributed by atoms with E-state index >= 15 is 0 Å². The average Bonchev–Trinajstić information content (AvgIpc) is 4.17.